The van der Waals surface area contributed by atoms with Crippen LogP contribution in [-0.4, -0.2) is 15.0 Å². The highest BCUT2D eigenvalue weighted by molar-refractivity contribution is 5.87. The summed E-state index contributed by atoms with van der Waals surface area (Å²) < 4.78 is 0. The Morgan fingerprint density at radius 3 is 2.36 bits per heavy atom. The van der Waals surface area contributed by atoms with Gasteiger partial charge in [0.05, 0.1) is 11.4 Å². The van der Waals surface area contributed by atoms with Gasteiger partial charge in [-0.15, -0.1) is 0 Å². The zero-order valence-corrected chi connectivity index (χ0v) is 12.9. The summed E-state index contributed by atoms with van der Waals surface area (Å²) in [7, 11) is 0. The number of nitrogens with zero attached hydrogens (tertiary/aromatic N) is 3. The number of hydrogen-bond acceptors (Lipinski definition) is 5. The fourth-order valence-electron chi connectivity index (χ4n) is 2.36. The van der Waals surface area contributed by atoms with Crippen molar-refractivity contribution in [3.05, 3.63) is 54.7 Å². The van der Waals surface area contributed by atoms with Crippen LogP contribution in [0.15, 0.2) is 49.1 Å². The third-order valence-electron chi connectivity index (χ3n) is 3.67. The largest absolute Gasteiger partial charge is 0.344 e. The Morgan fingerprint density at radius 1 is 1.00 bits per heavy atom. The third-order valence-corrected chi connectivity index (χ3v) is 3.67. The van der Waals surface area contributed by atoms with Gasteiger partial charge in [0, 0.05) is 47.2 Å². The molecule has 0 fully saturated rings. The van der Waals surface area contributed by atoms with Gasteiger partial charge in [-0.2, -0.15) is 0 Å². The molecular formula is C17H21N5. The Balaban J connectivity index is 0.00000176. The lowest BCUT2D eigenvalue weighted by Crippen LogP contribution is -2.18. The molecule has 5 nitrogen and oxygen atoms in total. The van der Waals surface area contributed by atoms with E-state index in [9.17, 15) is 0 Å². The predicted octanol–water partition coefficient (Wildman–Crippen LogP) is 3.51. The Morgan fingerprint density at radius 2 is 1.68 bits per heavy atom. The minimum Gasteiger partial charge on any atom is -0.344 e. The van der Waals surface area contributed by atoms with Gasteiger partial charge < -0.3 is 11.9 Å². The first kappa shape index (κ1) is 16.0. The van der Waals surface area contributed by atoms with E-state index >= 15 is 0 Å². The average Bonchev–Trinajstić information content (AvgIpc) is 2.54. The molecule has 5 N–H and O–H groups in total. The molecule has 0 radical (unpaired) electrons. The maximum atomic E-state index is 6.36. The van der Waals surface area contributed by atoms with E-state index in [0.717, 1.165) is 27.7 Å². The molecule has 0 spiro atoms. The molecule has 3 aromatic heterocycles. The molecule has 0 bridgehead atoms. The third kappa shape index (κ3) is 2.95. The maximum Gasteiger partial charge on any atom is 0.0714 e. The molecule has 1 atom stereocenters. The van der Waals surface area contributed by atoms with Crippen LogP contribution in [0.25, 0.3) is 22.0 Å². The molecule has 0 saturated carbocycles. The summed E-state index contributed by atoms with van der Waals surface area (Å²) in [5.41, 5.74) is 9.22. The van der Waals surface area contributed by atoms with E-state index in [1.807, 2.05) is 30.5 Å². The molecule has 3 aromatic rings. The molecule has 3 heterocycles. The number of rotatable bonds is 3. The van der Waals surface area contributed by atoms with Crippen molar-refractivity contribution in [3.63, 3.8) is 0 Å². The van der Waals surface area contributed by atoms with Crippen LogP contribution >= 0.6 is 0 Å². The Kier molecular flexibility index (Phi) is 4.80. The molecule has 0 saturated heterocycles. The van der Waals surface area contributed by atoms with Gasteiger partial charge in [-0.05, 0) is 30.2 Å². The fraction of sp³-hybridized carbons (Fsp3) is 0.235. The summed E-state index contributed by atoms with van der Waals surface area (Å²) >= 11 is 0. The van der Waals surface area contributed by atoms with Gasteiger partial charge >= 0.3 is 0 Å². The summed E-state index contributed by atoms with van der Waals surface area (Å²) in [6.45, 7) is 4.22. The van der Waals surface area contributed by atoms with Gasteiger partial charge in [-0.25, -0.2) is 0 Å². The van der Waals surface area contributed by atoms with Crippen molar-refractivity contribution in [2.24, 2.45) is 11.7 Å². The number of pyridine rings is 3. The monoisotopic (exact) mass is 295 g/mol. The molecule has 114 valence electrons. The van der Waals surface area contributed by atoms with Gasteiger partial charge in [0.1, 0.15) is 0 Å². The van der Waals surface area contributed by atoms with Crippen molar-refractivity contribution < 1.29 is 0 Å². The topological polar surface area (TPSA) is 99.7 Å². The summed E-state index contributed by atoms with van der Waals surface area (Å²) in [6, 6.07) is 7.84. The maximum absolute atomic E-state index is 6.36. The molecule has 0 aliphatic heterocycles. The molecule has 5 heteroatoms. The highest BCUT2D eigenvalue weighted by Crippen LogP contribution is 2.29. The van der Waals surface area contributed by atoms with E-state index in [4.69, 9.17) is 10.7 Å². The number of hydrogen-bond donors (Lipinski definition) is 2. The van der Waals surface area contributed by atoms with Crippen LogP contribution < -0.4 is 11.9 Å². The van der Waals surface area contributed by atoms with E-state index in [0.29, 0.717) is 5.92 Å². The predicted molar refractivity (Wildman–Crippen MR) is 89.6 cm³/mol. The SMILES string of the molecule is CC(C)C(N)c1nc(-c2ccncc2)cc2cnccc12.N. The van der Waals surface area contributed by atoms with Crippen molar-refractivity contribution >= 4 is 10.8 Å². The summed E-state index contributed by atoms with van der Waals surface area (Å²) in [6.07, 6.45) is 7.18. The average molecular weight is 295 g/mol. The van der Waals surface area contributed by atoms with E-state index in [1.54, 1.807) is 18.6 Å². The molecule has 3 rings (SSSR count). The van der Waals surface area contributed by atoms with E-state index in [-0.39, 0.29) is 12.2 Å². The second kappa shape index (κ2) is 6.60. The van der Waals surface area contributed by atoms with Crippen molar-refractivity contribution in [1.82, 2.24) is 21.1 Å². The van der Waals surface area contributed by atoms with Crippen molar-refractivity contribution in [1.29, 1.82) is 0 Å². The second-order valence-corrected chi connectivity index (χ2v) is 5.50. The highest BCUT2D eigenvalue weighted by atomic mass is 14.8. The molecule has 0 aliphatic carbocycles. The van der Waals surface area contributed by atoms with Gasteiger partial charge in [-0.3, -0.25) is 15.0 Å². The van der Waals surface area contributed by atoms with E-state index in [2.05, 4.69) is 23.8 Å². The summed E-state index contributed by atoms with van der Waals surface area (Å²) in [4.78, 5) is 13.1. The number of nitrogens with two attached hydrogens (primary N) is 1. The van der Waals surface area contributed by atoms with Gasteiger partial charge in [0.2, 0.25) is 0 Å². The van der Waals surface area contributed by atoms with Crippen LogP contribution in [0.1, 0.15) is 25.6 Å². The molecule has 0 aromatic carbocycles. The van der Waals surface area contributed by atoms with Crippen LogP contribution in [0, 0.1) is 5.92 Å². The summed E-state index contributed by atoms with van der Waals surface area (Å²) in [5, 5.41) is 2.13. The molecule has 0 amide bonds. The Bertz CT molecular complexity index is 755. The molecular weight excluding hydrogens is 274 g/mol. The van der Waals surface area contributed by atoms with Crippen LogP contribution in [0.3, 0.4) is 0 Å². The first-order valence-corrected chi connectivity index (χ1v) is 7.07. The first-order chi connectivity index (χ1) is 10.2. The zero-order chi connectivity index (χ0) is 14.8. The molecule has 0 aliphatic rings. The zero-order valence-electron chi connectivity index (χ0n) is 12.9. The first-order valence-electron chi connectivity index (χ1n) is 7.07. The summed E-state index contributed by atoms with van der Waals surface area (Å²) in [5.74, 6) is 0.321. The lowest BCUT2D eigenvalue weighted by Gasteiger charge is -2.18. The van der Waals surface area contributed by atoms with Crippen LogP contribution in [0.5, 0.6) is 0 Å². The lowest BCUT2D eigenvalue weighted by molar-refractivity contribution is 0.507. The lowest BCUT2D eigenvalue weighted by atomic mass is 9.96. The molecule has 1 unspecified atom stereocenters. The van der Waals surface area contributed by atoms with E-state index < -0.39 is 0 Å². The highest BCUT2D eigenvalue weighted by Gasteiger charge is 2.17. The molecule has 22 heavy (non-hydrogen) atoms. The minimum atomic E-state index is -0.100. The van der Waals surface area contributed by atoms with Gasteiger partial charge in [0.15, 0.2) is 0 Å². The van der Waals surface area contributed by atoms with Crippen molar-refractivity contribution in [2.45, 2.75) is 19.9 Å². The van der Waals surface area contributed by atoms with Crippen LogP contribution in [0.4, 0.5) is 0 Å². The standard InChI is InChI=1S/C17H18N4.H3N/c1-11(2)16(18)17-14-5-8-20-10-13(14)9-15(21-17)12-3-6-19-7-4-12;/h3-11,16H,18H2,1-2H3;1H3. The van der Waals surface area contributed by atoms with Crippen molar-refractivity contribution in [2.75, 3.05) is 0 Å². The quantitative estimate of drug-likeness (QED) is 0.770. The Labute approximate surface area is 130 Å². The van der Waals surface area contributed by atoms with Crippen LogP contribution in [-0.2, 0) is 0 Å². The number of fused-ring (bicyclic) bond motifs is 1. The smallest absolute Gasteiger partial charge is 0.0714 e. The van der Waals surface area contributed by atoms with Crippen molar-refractivity contribution in [3.8, 4) is 11.3 Å². The normalized spacial score (nSPS) is 12.2. The van der Waals surface area contributed by atoms with E-state index in [1.165, 1.54) is 0 Å². The Hall–Kier alpha value is -2.37. The van der Waals surface area contributed by atoms with Gasteiger partial charge in [0.25, 0.3) is 0 Å². The fourth-order valence-corrected chi connectivity index (χ4v) is 2.36. The minimum absolute atomic E-state index is 0. The second-order valence-electron chi connectivity index (χ2n) is 5.50. The van der Waals surface area contributed by atoms with Crippen LogP contribution in [0.2, 0.25) is 0 Å². The number of aromatic nitrogens is 3. The van der Waals surface area contributed by atoms with Gasteiger partial charge in [-0.1, -0.05) is 13.8 Å².